The minimum atomic E-state index is -0.544. The number of fused-ring (bicyclic) bond motifs is 1. The summed E-state index contributed by atoms with van der Waals surface area (Å²) in [4.78, 5) is 41.2. The second kappa shape index (κ2) is 12.2. The molecule has 3 aliphatic rings. The number of rotatable bonds is 7. The van der Waals surface area contributed by atoms with Crippen LogP contribution in [0.2, 0.25) is 0 Å². The molecule has 222 valence electrons. The van der Waals surface area contributed by atoms with Crippen molar-refractivity contribution in [1.29, 1.82) is 0 Å². The summed E-state index contributed by atoms with van der Waals surface area (Å²) in [6.45, 7) is 4.71. The summed E-state index contributed by atoms with van der Waals surface area (Å²) in [6.07, 6.45) is 10.3. The number of carbonyl (C=O) groups excluding carboxylic acids is 2. The molecule has 2 fully saturated rings. The van der Waals surface area contributed by atoms with Crippen LogP contribution in [0, 0.1) is 5.41 Å². The van der Waals surface area contributed by atoms with Crippen molar-refractivity contribution in [3.8, 4) is 5.75 Å². The van der Waals surface area contributed by atoms with Gasteiger partial charge in [-0.15, -0.1) is 0 Å². The van der Waals surface area contributed by atoms with Crippen LogP contribution < -0.4 is 20.0 Å². The SMILES string of the molecule is CC[C@]1(C)CN(C2CCCCC2)c2nc(NN(C(=O)c3cccc(OC)c3)C3CCC(O)CC3)ncc2N(C)C1=O. The molecule has 0 spiro atoms. The summed E-state index contributed by atoms with van der Waals surface area (Å²) >= 11 is 0. The van der Waals surface area contributed by atoms with Crippen molar-refractivity contribution in [2.24, 2.45) is 5.41 Å². The van der Waals surface area contributed by atoms with Crippen LogP contribution in [-0.2, 0) is 4.79 Å². The molecule has 1 aromatic heterocycles. The first-order chi connectivity index (χ1) is 19.7. The maximum atomic E-state index is 13.9. The van der Waals surface area contributed by atoms with E-state index in [2.05, 4.69) is 22.2 Å². The molecule has 41 heavy (non-hydrogen) atoms. The van der Waals surface area contributed by atoms with Gasteiger partial charge in [0.05, 0.1) is 30.9 Å². The number of nitrogens with zero attached hydrogens (tertiary/aromatic N) is 5. The monoisotopic (exact) mass is 564 g/mol. The lowest BCUT2D eigenvalue weighted by atomic mass is 9.84. The Morgan fingerprint density at radius 1 is 1.17 bits per heavy atom. The number of aliphatic hydroxyl groups excluding tert-OH is 1. The van der Waals surface area contributed by atoms with Gasteiger partial charge in [-0.2, -0.15) is 4.98 Å². The molecule has 10 heteroatoms. The first-order valence-corrected chi connectivity index (χ1v) is 15.1. The Bertz CT molecular complexity index is 1240. The number of carbonyl (C=O) groups is 2. The van der Waals surface area contributed by atoms with E-state index in [4.69, 9.17) is 9.72 Å². The maximum Gasteiger partial charge on any atom is 0.272 e. The second-order valence-corrected chi connectivity index (χ2v) is 12.1. The molecule has 2 saturated carbocycles. The van der Waals surface area contributed by atoms with Crippen LogP contribution in [0.4, 0.5) is 17.5 Å². The average Bonchev–Trinajstić information content (AvgIpc) is 3.09. The number of aromatic nitrogens is 2. The minimum absolute atomic E-state index is 0.0689. The van der Waals surface area contributed by atoms with E-state index in [-0.39, 0.29) is 24.0 Å². The Balaban J connectivity index is 1.52. The standard InChI is InChI=1S/C31H44N6O4/c1-5-31(2)20-36(22-11-7-6-8-12-22)27-26(35(3)29(31)40)19-32-30(33-27)34-37(23-14-16-24(38)17-15-23)28(39)21-10-9-13-25(18-21)41-4/h9-10,13,18-19,22-24,38H,5-8,11-12,14-17,20H2,1-4H3,(H,32,33,34)/t23?,24?,31-/m1/s1. The Kier molecular flexibility index (Phi) is 8.68. The molecule has 2 N–H and O–H groups in total. The van der Waals surface area contributed by atoms with Crippen LogP contribution in [0.3, 0.4) is 0 Å². The minimum Gasteiger partial charge on any atom is -0.497 e. The van der Waals surface area contributed by atoms with E-state index in [1.54, 1.807) is 41.4 Å². The van der Waals surface area contributed by atoms with Crippen molar-refractivity contribution < 1.29 is 19.4 Å². The molecule has 5 rings (SSSR count). The number of anilines is 3. The zero-order chi connectivity index (χ0) is 29.1. The van der Waals surface area contributed by atoms with Gasteiger partial charge in [-0.3, -0.25) is 15.0 Å². The molecule has 10 nitrogen and oxygen atoms in total. The molecule has 1 aliphatic heterocycles. The highest BCUT2D eigenvalue weighted by Gasteiger charge is 2.43. The molecule has 1 atom stereocenters. The predicted molar refractivity (Wildman–Crippen MR) is 159 cm³/mol. The highest BCUT2D eigenvalue weighted by atomic mass is 16.5. The first kappa shape index (κ1) is 29.1. The van der Waals surface area contributed by atoms with Crippen LogP contribution in [0.5, 0.6) is 5.75 Å². The molecule has 2 aliphatic carbocycles. The highest BCUT2D eigenvalue weighted by molar-refractivity contribution is 6.01. The number of methoxy groups -OCH3 is 1. The summed E-state index contributed by atoms with van der Waals surface area (Å²) in [6, 6.07) is 7.26. The number of aliphatic hydroxyl groups is 1. The van der Waals surface area contributed by atoms with E-state index in [9.17, 15) is 14.7 Å². The van der Waals surface area contributed by atoms with Crippen molar-refractivity contribution >= 4 is 29.3 Å². The molecule has 2 amide bonds. The number of hydrogen-bond donors (Lipinski definition) is 2. The lowest BCUT2D eigenvalue weighted by Gasteiger charge is -2.39. The fraction of sp³-hybridized carbons (Fsp3) is 0.613. The Morgan fingerprint density at radius 2 is 1.90 bits per heavy atom. The van der Waals surface area contributed by atoms with Crippen molar-refractivity contribution in [1.82, 2.24) is 15.0 Å². The number of hydrogen-bond acceptors (Lipinski definition) is 8. The summed E-state index contributed by atoms with van der Waals surface area (Å²) in [5.41, 5.74) is 3.90. The van der Waals surface area contributed by atoms with Gasteiger partial charge in [0, 0.05) is 25.2 Å². The van der Waals surface area contributed by atoms with Gasteiger partial charge in [-0.05, 0) is 70.1 Å². The van der Waals surface area contributed by atoms with Crippen LogP contribution in [0.15, 0.2) is 30.5 Å². The third-order valence-corrected chi connectivity index (χ3v) is 9.31. The van der Waals surface area contributed by atoms with Crippen LogP contribution in [0.25, 0.3) is 0 Å². The van der Waals surface area contributed by atoms with E-state index < -0.39 is 5.41 Å². The Labute approximate surface area is 243 Å². The highest BCUT2D eigenvalue weighted by Crippen LogP contribution is 2.41. The van der Waals surface area contributed by atoms with Gasteiger partial charge in [0.25, 0.3) is 5.91 Å². The van der Waals surface area contributed by atoms with Gasteiger partial charge in [0.1, 0.15) is 11.4 Å². The van der Waals surface area contributed by atoms with Gasteiger partial charge in [0.15, 0.2) is 5.82 Å². The van der Waals surface area contributed by atoms with E-state index in [1.807, 2.05) is 20.0 Å². The van der Waals surface area contributed by atoms with Gasteiger partial charge in [-0.25, -0.2) is 9.99 Å². The second-order valence-electron chi connectivity index (χ2n) is 12.1. The first-order valence-electron chi connectivity index (χ1n) is 15.1. The number of ether oxygens (including phenoxy) is 1. The number of amides is 2. The summed E-state index contributed by atoms with van der Waals surface area (Å²) in [7, 11) is 3.39. The predicted octanol–water partition coefficient (Wildman–Crippen LogP) is 4.79. The molecule has 0 saturated heterocycles. The summed E-state index contributed by atoms with van der Waals surface area (Å²) in [5.74, 6) is 1.51. The van der Waals surface area contributed by atoms with Crippen LogP contribution in [-0.4, -0.2) is 70.8 Å². The lowest BCUT2D eigenvalue weighted by molar-refractivity contribution is -0.126. The molecular formula is C31H44N6O4. The molecule has 2 heterocycles. The largest absolute Gasteiger partial charge is 0.497 e. The third-order valence-electron chi connectivity index (χ3n) is 9.31. The molecular weight excluding hydrogens is 520 g/mol. The number of nitrogens with one attached hydrogen (secondary N) is 1. The topological polar surface area (TPSA) is 111 Å². The Hall–Kier alpha value is -3.40. The Morgan fingerprint density at radius 3 is 2.59 bits per heavy atom. The average molecular weight is 565 g/mol. The van der Waals surface area contributed by atoms with Crippen molar-refractivity contribution in [3.05, 3.63) is 36.0 Å². The van der Waals surface area contributed by atoms with Gasteiger partial charge >= 0.3 is 0 Å². The van der Waals surface area contributed by atoms with Crippen LogP contribution >= 0.6 is 0 Å². The van der Waals surface area contributed by atoms with Crippen molar-refractivity contribution in [3.63, 3.8) is 0 Å². The van der Waals surface area contributed by atoms with Gasteiger partial charge < -0.3 is 19.6 Å². The maximum absolute atomic E-state index is 13.9. The number of hydrazine groups is 1. The third kappa shape index (κ3) is 5.98. The zero-order valence-electron chi connectivity index (χ0n) is 24.8. The fourth-order valence-electron chi connectivity index (χ4n) is 6.49. The van der Waals surface area contributed by atoms with E-state index >= 15 is 0 Å². The quantitative estimate of drug-likeness (QED) is 0.462. The molecule has 1 aromatic carbocycles. The van der Waals surface area contributed by atoms with Crippen molar-refractivity contribution in [2.45, 2.75) is 96.2 Å². The molecule has 0 bridgehead atoms. The van der Waals surface area contributed by atoms with E-state index in [1.165, 1.54) is 6.42 Å². The van der Waals surface area contributed by atoms with Crippen molar-refractivity contribution in [2.75, 3.05) is 35.9 Å². The van der Waals surface area contributed by atoms with E-state index in [0.717, 1.165) is 37.9 Å². The lowest BCUT2D eigenvalue weighted by Crippen LogP contribution is -2.48. The van der Waals surface area contributed by atoms with Gasteiger partial charge in [-0.1, -0.05) is 32.3 Å². The number of benzene rings is 1. The zero-order valence-corrected chi connectivity index (χ0v) is 24.8. The molecule has 2 aromatic rings. The van der Waals surface area contributed by atoms with Crippen LogP contribution in [0.1, 0.15) is 88.4 Å². The summed E-state index contributed by atoms with van der Waals surface area (Å²) in [5, 5.41) is 11.8. The van der Waals surface area contributed by atoms with Gasteiger partial charge in [0.2, 0.25) is 11.9 Å². The molecule has 0 radical (unpaired) electrons. The molecule has 0 unspecified atom stereocenters. The summed E-state index contributed by atoms with van der Waals surface area (Å²) < 4.78 is 5.36. The smallest absolute Gasteiger partial charge is 0.272 e. The fourth-order valence-corrected chi connectivity index (χ4v) is 6.49. The normalized spacial score (nSPS) is 25.3. The van der Waals surface area contributed by atoms with E-state index in [0.29, 0.717) is 61.2 Å².